The van der Waals surface area contributed by atoms with Crippen LogP contribution in [0.15, 0.2) is 34.2 Å². The largest absolute Gasteiger partial charge is 0.325 e. The van der Waals surface area contributed by atoms with Gasteiger partial charge in [0.05, 0.1) is 11.1 Å². The van der Waals surface area contributed by atoms with Crippen LogP contribution in [-0.2, 0) is 17.6 Å². The fourth-order valence-electron chi connectivity index (χ4n) is 3.11. The highest BCUT2D eigenvalue weighted by Crippen LogP contribution is 2.34. The first-order valence-corrected chi connectivity index (χ1v) is 10.1. The van der Waals surface area contributed by atoms with Crippen molar-refractivity contribution in [2.45, 2.75) is 30.8 Å². The standard InChI is InChI=1S/C18H16FN3O2S2/c19-10-4-3-5-11(8-10)20-14(23)9-25-18-21-16(24)15-12-6-1-2-7-13(12)26-17(15)22-18/h3-5,8H,1-2,6-7,9H2,(H,20,23)(H,21,22,24). The summed E-state index contributed by atoms with van der Waals surface area (Å²) >= 11 is 2.74. The Hall–Kier alpha value is -2.19. The molecule has 5 nitrogen and oxygen atoms in total. The number of H-pyrrole nitrogens is 1. The summed E-state index contributed by atoms with van der Waals surface area (Å²) in [7, 11) is 0. The molecule has 0 fully saturated rings. The topological polar surface area (TPSA) is 74.8 Å². The van der Waals surface area contributed by atoms with Crippen molar-refractivity contribution in [2.24, 2.45) is 0 Å². The molecule has 1 aromatic carbocycles. The number of aromatic nitrogens is 2. The molecule has 0 aliphatic heterocycles. The van der Waals surface area contributed by atoms with Crippen molar-refractivity contribution in [3.8, 4) is 0 Å². The van der Waals surface area contributed by atoms with Crippen LogP contribution in [0, 0.1) is 5.82 Å². The minimum atomic E-state index is -0.409. The summed E-state index contributed by atoms with van der Waals surface area (Å²) in [6.45, 7) is 0. The third-order valence-corrected chi connectivity index (χ3v) is 6.31. The molecule has 1 amide bonds. The van der Waals surface area contributed by atoms with E-state index in [9.17, 15) is 14.0 Å². The summed E-state index contributed by atoms with van der Waals surface area (Å²) in [5.41, 5.74) is 1.41. The molecule has 0 saturated carbocycles. The van der Waals surface area contributed by atoms with E-state index in [0.717, 1.165) is 47.8 Å². The number of thiophene rings is 1. The number of rotatable bonds is 4. The van der Waals surface area contributed by atoms with Gasteiger partial charge in [-0.15, -0.1) is 11.3 Å². The Labute approximate surface area is 157 Å². The third-order valence-electron chi connectivity index (χ3n) is 4.25. The predicted molar refractivity (Wildman–Crippen MR) is 103 cm³/mol. The van der Waals surface area contributed by atoms with Crippen molar-refractivity contribution in [3.63, 3.8) is 0 Å². The summed E-state index contributed by atoms with van der Waals surface area (Å²) in [6.07, 6.45) is 4.20. The van der Waals surface area contributed by atoms with Crippen molar-refractivity contribution in [1.29, 1.82) is 0 Å². The molecule has 2 N–H and O–H groups in total. The van der Waals surface area contributed by atoms with E-state index in [-0.39, 0.29) is 17.2 Å². The molecule has 1 aliphatic rings. The first-order valence-electron chi connectivity index (χ1n) is 8.33. The Balaban J connectivity index is 1.49. The van der Waals surface area contributed by atoms with Gasteiger partial charge in [-0.25, -0.2) is 9.37 Å². The second-order valence-corrected chi connectivity index (χ2v) is 8.16. The molecule has 2 aromatic heterocycles. The molecular weight excluding hydrogens is 373 g/mol. The average molecular weight is 389 g/mol. The number of hydrogen-bond donors (Lipinski definition) is 2. The highest BCUT2D eigenvalue weighted by molar-refractivity contribution is 7.99. The van der Waals surface area contributed by atoms with E-state index in [1.807, 2.05) is 0 Å². The van der Waals surface area contributed by atoms with Crippen molar-refractivity contribution in [3.05, 3.63) is 50.9 Å². The van der Waals surface area contributed by atoms with Crippen LogP contribution in [0.4, 0.5) is 10.1 Å². The Morgan fingerprint density at radius 3 is 3.04 bits per heavy atom. The molecule has 1 aliphatic carbocycles. The lowest BCUT2D eigenvalue weighted by molar-refractivity contribution is -0.113. The number of hydrogen-bond acceptors (Lipinski definition) is 5. The first kappa shape index (κ1) is 17.2. The van der Waals surface area contributed by atoms with Crippen LogP contribution in [0.25, 0.3) is 10.2 Å². The Morgan fingerprint density at radius 1 is 1.35 bits per heavy atom. The maximum atomic E-state index is 13.2. The van der Waals surface area contributed by atoms with Crippen LogP contribution in [0.1, 0.15) is 23.3 Å². The summed E-state index contributed by atoms with van der Waals surface area (Å²) in [5, 5.41) is 3.76. The van der Waals surface area contributed by atoms with Gasteiger partial charge in [0.25, 0.3) is 5.56 Å². The summed E-state index contributed by atoms with van der Waals surface area (Å²) in [6, 6.07) is 5.72. The molecule has 8 heteroatoms. The Bertz CT molecular complexity index is 1040. The van der Waals surface area contributed by atoms with Gasteiger partial charge in [0.15, 0.2) is 5.16 Å². The molecule has 0 bridgehead atoms. The molecule has 0 spiro atoms. The summed E-state index contributed by atoms with van der Waals surface area (Å²) < 4.78 is 13.2. The molecule has 2 heterocycles. The fourth-order valence-corrected chi connectivity index (χ4v) is 5.09. The molecule has 0 radical (unpaired) electrons. The highest BCUT2D eigenvalue weighted by Gasteiger charge is 2.20. The van der Waals surface area contributed by atoms with Crippen LogP contribution < -0.4 is 10.9 Å². The zero-order valence-electron chi connectivity index (χ0n) is 13.8. The number of halogens is 1. The van der Waals surface area contributed by atoms with Crippen molar-refractivity contribution < 1.29 is 9.18 Å². The Morgan fingerprint density at radius 2 is 2.19 bits per heavy atom. The fraction of sp³-hybridized carbons (Fsp3) is 0.278. The minimum Gasteiger partial charge on any atom is -0.325 e. The first-order chi connectivity index (χ1) is 12.6. The zero-order valence-corrected chi connectivity index (χ0v) is 15.4. The van der Waals surface area contributed by atoms with E-state index >= 15 is 0 Å². The van der Waals surface area contributed by atoms with E-state index < -0.39 is 5.82 Å². The molecule has 0 atom stereocenters. The molecule has 26 heavy (non-hydrogen) atoms. The number of aromatic amines is 1. The van der Waals surface area contributed by atoms with Gasteiger partial charge in [0.2, 0.25) is 5.91 Å². The van der Waals surface area contributed by atoms with Crippen LogP contribution in [0.2, 0.25) is 0 Å². The van der Waals surface area contributed by atoms with Crippen LogP contribution in [0.5, 0.6) is 0 Å². The van der Waals surface area contributed by atoms with Crippen molar-refractivity contribution in [1.82, 2.24) is 9.97 Å². The number of carbonyl (C=O) groups excluding carboxylic acids is 1. The van der Waals surface area contributed by atoms with Gasteiger partial charge in [-0.05, 0) is 49.4 Å². The molecule has 3 aromatic rings. The number of carbonyl (C=O) groups is 1. The van der Waals surface area contributed by atoms with Gasteiger partial charge >= 0.3 is 0 Å². The number of benzene rings is 1. The molecule has 0 unspecified atom stereocenters. The molecular formula is C18H16FN3O2S2. The lowest BCUT2D eigenvalue weighted by Gasteiger charge is -2.09. The number of anilines is 1. The van der Waals surface area contributed by atoms with Gasteiger partial charge in [0.1, 0.15) is 10.6 Å². The van der Waals surface area contributed by atoms with E-state index in [1.54, 1.807) is 17.4 Å². The monoisotopic (exact) mass is 389 g/mol. The van der Waals surface area contributed by atoms with Gasteiger partial charge in [-0.2, -0.15) is 0 Å². The second-order valence-electron chi connectivity index (χ2n) is 6.11. The maximum absolute atomic E-state index is 13.2. The summed E-state index contributed by atoms with van der Waals surface area (Å²) in [4.78, 5) is 33.8. The number of fused-ring (bicyclic) bond motifs is 3. The van der Waals surface area contributed by atoms with E-state index in [4.69, 9.17) is 0 Å². The molecule has 134 valence electrons. The van der Waals surface area contributed by atoms with Gasteiger partial charge in [-0.1, -0.05) is 17.8 Å². The average Bonchev–Trinajstić information content (AvgIpc) is 2.99. The van der Waals surface area contributed by atoms with Crippen molar-refractivity contribution >= 4 is 44.9 Å². The minimum absolute atomic E-state index is 0.0794. The van der Waals surface area contributed by atoms with Gasteiger partial charge in [0, 0.05) is 10.6 Å². The van der Waals surface area contributed by atoms with E-state index in [0.29, 0.717) is 16.2 Å². The summed E-state index contributed by atoms with van der Waals surface area (Å²) in [5.74, 6) is -0.613. The quantitative estimate of drug-likeness (QED) is 0.527. The lowest BCUT2D eigenvalue weighted by Crippen LogP contribution is -2.15. The van der Waals surface area contributed by atoms with Crippen LogP contribution >= 0.6 is 23.1 Å². The number of nitrogens with one attached hydrogen (secondary N) is 2. The maximum Gasteiger partial charge on any atom is 0.260 e. The van der Waals surface area contributed by atoms with Crippen molar-refractivity contribution in [2.75, 3.05) is 11.1 Å². The van der Waals surface area contributed by atoms with Gasteiger partial charge in [-0.3, -0.25) is 9.59 Å². The van der Waals surface area contributed by atoms with Crippen LogP contribution in [-0.4, -0.2) is 21.6 Å². The van der Waals surface area contributed by atoms with E-state index in [1.165, 1.54) is 23.1 Å². The smallest absolute Gasteiger partial charge is 0.260 e. The Kier molecular flexibility index (Phi) is 4.78. The third kappa shape index (κ3) is 3.52. The number of nitrogens with zero attached hydrogens (tertiary/aromatic N) is 1. The number of thioether (sulfide) groups is 1. The molecule has 0 saturated heterocycles. The zero-order chi connectivity index (χ0) is 18.1. The molecule has 4 rings (SSSR count). The highest BCUT2D eigenvalue weighted by atomic mass is 32.2. The van der Waals surface area contributed by atoms with Gasteiger partial charge < -0.3 is 10.3 Å². The second kappa shape index (κ2) is 7.20. The number of aryl methyl sites for hydroxylation is 2. The number of amides is 1. The van der Waals surface area contributed by atoms with Crippen LogP contribution in [0.3, 0.4) is 0 Å². The SMILES string of the molecule is O=C(CSc1nc2sc3c(c2c(=O)[nH]1)CCCC3)Nc1cccc(F)c1. The normalized spacial score (nSPS) is 13.6. The lowest BCUT2D eigenvalue weighted by atomic mass is 9.97. The van der Waals surface area contributed by atoms with E-state index in [2.05, 4.69) is 15.3 Å². The predicted octanol–water partition coefficient (Wildman–Crippen LogP) is 3.73.